The number of aryl methyl sites for hydroxylation is 1. The number of ether oxygens (including phenoxy) is 1. The van der Waals surface area contributed by atoms with Crippen LogP contribution >= 0.6 is 0 Å². The standard InChI is InChI=1S/C12H14N4O2/c1-8-7-11(16-15-8)14-12(17)13-9-5-3-4-6-10(9)18-2/h3-7H,1-2H3,(H3,13,14,15,16,17). The van der Waals surface area contributed by atoms with Gasteiger partial charge in [0.15, 0.2) is 5.82 Å². The van der Waals surface area contributed by atoms with Crippen molar-refractivity contribution >= 4 is 17.5 Å². The lowest BCUT2D eigenvalue weighted by Gasteiger charge is -2.09. The summed E-state index contributed by atoms with van der Waals surface area (Å²) < 4.78 is 5.14. The van der Waals surface area contributed by atoms with Gasteiger partial charge in [0.25, 0.3) is 0 Å². The van der Waals surface area contributed by atoms with Crippen molar-refractivity contribution in [3.05, 3.63) is 36.0 Å². The number of nitrogens with one attached hydrogen (secondary N) is 3. The first-order valence-corrected chi connectivity index (χ1v) is 5.42. The van der Waals surface area contributed by atoms with E-state index in [1.165, 1.54) is 0 Å². The number of amides is 2. The monoisotopic (exact) mass is 246 g/mol. The number of aromatic amines is 1. The molecule has 0 aliphatic carbocycles. The first-order valence-electron chi connectivity index (χ1n) is 5.42. The van der Waals surface area contributed by atoms with Gasteiger partial charge in [-0.2, -0.15) is 5.10 Å². The Morgan fingerprint density at radius 1 is 1.33 bits per heavy atom. The van der Waals surface area contributed by atoms with Crippen LogP contribution in [0.4, 0.5) is 16.3 Å². The first kappa shape index (κ1) is 12.0. The molecule has 1 aromatic heterocycles. The summed E-state index contributed by atoms with van der Waals surface area (Å²) in [4.78, 5) is 11.7. The van der Waals surface area contributed by atoms with Crippen LogP contribution in [-0.4, -0.2) is 23.3 Å². The third-order valence-corrected chi connectivity index (χ3v) is 2.30. The van der Waals surface area contributed by atoms with Gasteiger partial charge in [-0.25, -0.2) is 4.79 Å². The number of urea groups is 1. The van der Waals surface area contributed by atoms with Gasteiger partial charge in [0.2, 0.25) is 0 Å². The molecule has 0 spiro atoms. The number of para-hydroxylation sites is 2. The Labute approximate surface area is 104 Å². The smallest absolute Gasteiger partial charge is 0.325 e. The van der Waals surface area contributed by atoms with Crippen molar-refractivity contribution in [3.8, 4) is 5.75 Å². The Hall–Kier alpha value is -2.50. The molecule has 0 bridgehead atoms. The molecule has 2 rings (SSSR count). The number of hydrogen-bond donors (Lipinski definition) is 3. The second-order valence-electron chi connectivity index (χ2n) is 3.72. The zero-order chi connectivity index (χ0) is 13.0. The van der Waals surface area contributed by atoms with Crippen molar-refractivity contribution in [1.82, 2.24) is 10.2 Å². The highest BCUT2D eigenvalue weighted by Gasteiger charge is 2.07. The van der Waals surface area contributed by atoms with Crippen molar-refractivity contribution < 1.29 is 9.53 Å². The van der Waals surface area contributed by atoms with Crippen molar-refractivity contribution in [2.45, 2.75) is 6.92 Å². The lowest BCUT2D eigenvalue weighted by molar-refractivity contribution is 0.262. The maximum atomic E-state index is 11.7. The fourth-order valence-electron chi connectivity index (χ4n) is 1.50. The number of anilines is 2. The number of carbonyl (C=O) groups excluding carboxylic acids is 1. The number of rotatable bonds is 3. The molecular formula is C12H14N4O2. The lowest BCUT2D eigenvalue weighted by atomic mass is 10.3. The Morgan fingerprint density at radius 2 is 2.11 bits per heavy atom. The number of aromatic nitrogens is 2. The number of nitrogens with zero attached hydrogens (tertiary/aromatic N) is 1. The zero-order valence-corrected chi connectivity index (χ0v) is 10.2. The summed E-state index contributed by atoms with van der Waals surface area (Å²) in [6, 6.07) is 8.55. The van der Waals surface area contributed by atoms with Crippen LogP contribution in [0, 0.1) is 6.92 Å². The molecule has 0 aliphatic rings. The van der Waals surface area contributed by atoms with Gasteiger partial charge in [-0.3, -0.25) is 10.4 Å². The highest BCUT2D eigenvalue weighted by molar-refractivity contribution is 6.00. The molecule has 0 unspecified atom stereocenters. The summed E-state index contributed by atoms with van der Waals surface area (Å²) >= 11 is 0. The van der Waals surface area contributed by atoms with Gasteiger partial charge in [0.1, 0.15) is 5.75 Å². The molecule has 2 aromatic rings. The summed E-state index contributed by atoms with van der Waals surface area (Å²) in [6.45, 7) is 1.86. The highest BCUT2D eigenvalue weighted by Crippen LogP contribution is 2.23. The van der Waals surface area contributed by atoms with E-state index in [1.54, 1.807) is 25.3 Å². The molecule has 1 heterocycles. The number of carbonyl (C=O) groups is 1. The normalized spacial score (nSPS) is 9.89. The van der Waals surface area contributed by atoms with E-state index in [0.717, 1.165) is 5.69 Å². The maximum absolute atomic E-state index is 11.7. The van der Waals surface area contributed by atoms with Crippen LogP contribution < -0.4 is 15.4 Å². The second kappa shape index (κ2) is 5.22. The van der Waals surface area contributed by atoms with Gasteiger partial charge >= 0.3 is 6.03 Å². The third kappa shape index (κ3) is 2.79. The molecule has 0 atom stereocenters. The lowest BCUT2D eigenvalue weighted by Crippen LogP contribution is -2.20. The fourth-order valence-corrected chi connectivity index (χ4v) is 1.50. The molecule has 18 heavy (non-hydrogen) atoms. The van der Waals surface area contributed by atoms with Crippen LogP contribution in [0.3, 0.4) is 0 Å². The molecule has 0 radical (unpaired) electrons. The Bertz CT molecular complexity index is 551. The zero-order valence-electron chi connectivity index (χ0n) is 10.2. The summed E-state index contributed by atoms with van der Waals surface area (Å²) in [7, 11) is 1.55. The molecule has 6 nitrogen and oxygen atoms in total. The summed E-state index contributed by atoms with van der Waals surface area (Å²) in [5.74, 6) is 1.07. The van der Waals surface area contributed by atoms with E-state index < -0.39 is 0 Å². The van der Waals surface area contributed by atoms with Crippen LogP contribution in [0.2, 0.25) is 0 Å². The molecule has 6 heteroatoms. The number of methoxy groups -OCH3 is 1. The van der Waals surface area contributed by atoms with Crippen molar-refractivity contribution in [2.75, 3.05) is 17.7 Å². The summed E-state index contributed by atoms with van der Waals surface area (Å²) in [6.07, 6.45) is 0. The SMILES string of the molecule is COc1ccccc1NC(=O)Nc1cc(C)[nH]n1. The Kier molecular flexibility index (Phi) is 3.47. The average molecular weight is 246 g/mol. The predicted molar refractivity (Wildman–Crippen MR) is 69.0 cm³/mol. The molecular weight excluding hydrogens is 232 g/mol. The van der Waals surface area contributed by atoms with Gasteiger partial charge in [0, 0.05) is 11.8 Å². The number of hydrogen-bond acceptors (Lipinski definition) is 3. The quantitative estimate of drug-likeness (QED) is 0.777. The van der Waals surface area contributed by atoms with Crippen LogP contribution in [0.1, 0.15) is 5.69 Å². The van der Waals surface area contributed by atoms with Crippen molar-refractivity contribution in [3.63, 3.8) is 0 Å². The minimum Gasteiger partial charge on any atom is -0.495 e. The van der Waals surface area contributed by atoms with Crippen LogP contribution in [0.5, 0.6) is 5.75 Å². The van der Waals surface area contributed by atoms with Gasteiger partial charge in [-0.1, -0.05) is 12.1 Å². The third-order valence-electron chi connectivity index (χ3n) is 2.30. The summed E-state index contributed by atoms with van der Waals surface area (Å²) in [5.41, 5.74) is 1.48. The van der Waals surface area contributed by atoms with E-state index in [0.29, 0.717) is 17.3 Å². The Morgan fingerprint density at radius 3 is 2.78 bits per heavy atom. The van der Waals surface area contributed by atoms with Gasteiger partial charge in [-0.05, 0) is 19.1 Å². The molecule has 3 N–H and O–H groups in total. The minimum atomic E-state index is -0.369. The maximum Gasteiger partial charge on any atom is 0.325 e. The van der Waals surface area contributed by atoms with Crippen LogP contribution in [0.15, 0.2) is 30.3 Å². The van der Waals surface area contributed by atoms with Crippen LogP contribution in [0.25, 0.3) is 0 Å². The highest BCUT2D eigenvalue weighted by atomic mass is 16.5. The van der Waals surface area contributed by atoms with Gasteiger partial charge in [0.05, 0.1) is 12.8 Å². The van der Waals surface area contributed by atoms with Gasteiger partial charge in [-0.15, -0.1) is 0 Å². The number of benzene rings is 1. The first-order chi connectivity index (χ1) is 8.69. The number of H-pyrrole nitrogens is 1. The molecule has 0 saturated carbocycles. The molecule has 0 fully saturated rings. The molecule has 2 amide bonds. The fraction of sp³-hybridized carbons (Fsp3) is 0.167. The molecule has 0 aliphatic heterocycles. The van der Waals surface area contributed by atoms with Crippen LogP contribution in [-0.2, 0) is 0 Å². The van der Waals surface area contributed by atoms with E-state index >= 15 is 0 Å². The van der Waals surface area contributed by atoms with E-state index in [9.17, 15) is 4.79 Å². The average Bonchev–Trinajstić information content (AvgIpc) is 2.75. The van der Waals surface area contributed by atoms with E-state index in [4.69, 9.17) is 4.74 Å². The Balaban J connectivity index is 2.03. The largest absolute Gasteiger partial charge is 0.495 e. The van der Waals surface area contributed by atoms with E-state index in [-0.39, 0.29) is 6.03 Å². The summed E-state index contributed by atoms with van der Waals surface area (Å²) in [5, 5.41) is 12.0. The topological polar surface area (TPSA) is 79.0 Å². The van der Waals surface area contributed by atoms with E-state index in [1.807, 2.05) is 19.1 Å². The predicted octanol–water partition coefficient (Wildman–Crippen LogP) is 2.37. The second-order valence-corrected chi connectivity index (χ2v) is 3.72. The van der Waals surface area contributed by atoms with Crippen molar-refractivity contribution in [2.24, 2.45) is 0 Å². The van der Waals surface area contributed by atoms with E-state index in [2.05, 4.69) is 20.8 Å². The molecule has 0 saturated heterocycles. The molecule has 94 valence electrons. The van der Waals surface area contributed by atoms with Crippen molar-refractivity contribution in [1.29, 1.82) is 0 Å². The molecule has 1 aromatic carbocycles. The minimum absolute atomic E-state index is 0.369. The van der Waals surface area contributed by atoms with Gasteiger partial charge < -0.3 is 10.1 Å².